The third-order valence-corrected chi connectivity index (χ3v) is 3.87. The van der Waals surface area contributed by atoms with Crippen molar-refractivity contribution < 1.29 is 15.0 Å². The molecule has 0 saturated heterocycles. The van der Waals surface area contributed by atoms with E-state index in [1.54, 1.807) is 12.2 Å². The fraction of sp³-hybridized carbons (Fsp3) is 0.409. The average Bonchev–Trinajstić information content (AvgIpc) is 2.66. The van der Waals surface area contributed by atoms with Crippen LogP contribution in [0.25, 0.3) is 0 Å². The summed E-state index contributed by atoms with van der Waals surface area (Å²) in [5.74, 6) is -0.813. The first-order chi connectivity index (χ1) is 13.8. The van der Waals surface area contributed by atoms with Gasteiger partial charge in [0.1, 0.15) is 31.4 Å². The van der Waals surface area contributed by atoms with Gasteiger partial charge in [-0.25, -0.2) is 0 Å². The first-order valence-corrected chi connectivity index (χ1v) is 9.81. The van der Waals surface area contributed by atoms with E-state index in [0.29, 0.717) is 36.6 Å². The summed E-state index contributed by atoms with van der Waals surface area (Å²) in [4.78, 5) is 10.4. The van der Waals surface area contributed by atoms with Crippen LogP contribution in [0.15, 0.2) is 70.5 Å². The Labute approximate surface area is 181 Å². The molecule has 0 spiro atoms. The zero-order valence-corrected chi connectivity index (χ0v) is 17.3. The lowest BCUT2D eigenvalue weighted by Gasteiger charge is -2.11. The quantitative estimate of drug-likeness (QED) is 0.274. The number of aliphatic carboxylic acids is 1. The molecule has 29 heavy (non-hydrogen) atoms. The highest BCUT2D eigenvalue weighted by molar-refractivity contribution is 6.35. The Bertz CT molecular complexity index is 674. The van der Waals surface area contributed by atoms with Gasteiger partial charge in [-0.2, -0.15) is 0 Å². The van der Waals surface area contributed by atoms with Crippen LogP contribution in [0.1, 0.15) is 51.9 Å². The van der Waals surface area contributed by atoms with E-state index >= 15 is 0 Å². The highest BCUT2D eigenvalue weighted by Crippen LogP contribution is 2.12. The molecule has 0 aromatic rings. The number of aliphatic hydroxyl groups excluding tert-OH is 1. The fourth-order valence-corrected chi connectivity index (χ4v) is 2.21. The van der Waals surface area contributed by atoms with E-state index in [4.69, 9.17) is 36.5 Å². The number of carbonyl (C=O) groups is 1. The van der Waals surface area contributed by atoms with Crippen LogP contribution in [0.5, 0.6) is 0 Å². The standard InChI is InChI=1S/C22H28B4O3/c1-2-3-4-9-12-17(23)15-18(24)19(25)16-20(26)21(27)13-10-7-5-6-8-11-14-22(28)29/h3-4,6-8,10,15-16,21,27H,2,5,9,11-14H2,1H3,(H,28,29)/b4-3-,8-6-,10-7-,17-15-,19-18-,20-16-/t21-/m0/s1. The number of hydrogen-bond acceptors (Lipinski definition) is 2. The minimum Gasteiger partial charge on any atom is -0.481 e. The van der Waals surface area contributed by atoms with Crippen molar-refractivity contribution in [3.63, 3.8) is 0 Å². The molecule has 0 saturated carbocycles. The molecule has 0 amide bonds. The molecular formula is C22H28B4O3. The zero-order chi connectivity index (χ0) is 22.1. The van der Waals surface area contributed by atoms with E-state index in [2.05, 4.69) is 19.1 Å². The lowest BCUT2D eigenvalue weighted by atomic mass is 9.74. The average molecular weight is 384 g/mol. The van der Waals surface area contributed by atoms with E-state index < -0.39 is 12.1 Å². The van der Waals surface area contributed by atoms with Crippen molar-refractivity contribution in [2.45, 2.75) is 58.0 Å². The van der Waals surface area contributed by atoms with Crippen molar-refractivity contribution in [2.75, 3.05) is 0 Å². The monoisotopic (exact) mass is 384 g/mol. The molecule has 1 atom stereocenters. The second-order valence-electron chi connectivity index (χ2n) is 6.56. The summed E-state index contributed by atoms with van der Waals surface area (Å²) in [6.45, 7) is 2.07. The molecule has 0 fully saturated rings. The van der Waals surface area contributed by atoms with Crippen LogP contribution in [0.2, 0.25) is 0 Å². The zero-order valence-electron chi connectivity index (χ0n) is 17.3. The maximum Gasteiger partial charge on any atom is 0.303 e. The van der Waals surface area contributed by atoms with Crippen molar-refractivity contribution in [3.05, 3.63) is 70.5 Å². The topological polar surface area (TPSA) is 57.5 Å². The number of hydrogen-bond donors (Lipinski definition) is 2. The molecule has 3 nitrogen and oxygen atoms in total. The van der Waals surface area contributed by atoms with Crippen molar-refractivity contribution in [1.82, 2.24) is 0 Å². The van der Waals surface area contributed by atoms with E-state index in [1.165, 1.54) is 6.08 Å². The van der Waals surface area contributed by atoms with Crippen LogP contribution in [0, 0.1) is 0 Å². The number of allylic oxidation sites excluding steroid dienone is 10. The molecular weight excluding hydrogens is 355 g/mol. The molecule has 0 heterocycles. The van der Waals surface area contributed by atoms with Crippen molar-refractivity contribution in [2.24, 2.45) is 0 Å². The normalized spacial score (nSPS) is 15.4. The Morgan fingerprint density at radius 3 is 2.10 bits per heavy atom. The Kier molecular flexibility index (Phi) is 15.9. The molecule has 8 radical (unpaired) electrons. The number of rotatable bonds is 14. The van der Waals surface area contributed by atoms with Gasteiger partial charge in [0.15, 0.2) is 0 Å². The highest BCUT2D eigenvalue weighted by atomic mass is 16.4. The van der Waals surface area contributed by atoms with Crippen molar-refractivity contribution >= 4 is 37.4 Å². The summed E-state index contributed by atoms with van der Waals surface area (Å²) < 4.78 is 0. The number of carboxylic acid groups (broad SMARTS) is 1. The smallest absolute Gasteiger partial charge is 0.303 e. The Morgan fingerprint density at radius 2 is 1.45 bits per heavy atom. The molecule has 0 unspecified atom stereocenters. The third-order valence-electron chi connectivity index (χ3n) is 3.87. The summed E-state index contributed by atoms with van der Waals surface area (Å²) in [6, 6.07) is 0. The van der Waals surface area contributed by atoms with Crippen LogP contribution >= 0.6 is 0 Å². The van der Waals surface area contributed by atoms with E-state index in [9.17, 15) is 9.90 Å². The van der Waals surface area contributed by atoms with Gasteiger partial charge in [0, 0.05) is 6.42 Å². The second-order valence-corrected chi connectivity index (χ2v) is 6.56. The maximum atomic E-state index is 10.4. The van der Waals surface area contributed by atoms with Gasteiger partial charge in [0.05, 0.1) is 6.10 Å². The Balaban J connectivity index is 4.56. The fourth-order valence-electron chi connectivity index (χ4n) is 2.21. The Morgan fingerprint density at radius 1 is 0.862 bits per heavy atom. The minimum absolute atomic E-state index is 0.120. The summed E-state index contributed by atoms with van der Waals surface area (Å²) in [7, 11) is 23.7. The molecule has 0 aromatic carbocycles. The SMILES string of the molecule is [B]C(/C=C(\[B])CC/C=C\CC)=C([B])/C=C(\[B])[C@@H](O)C/C=C\C/C=C\CCC(=O)O. The largest absolute Gasteiger partial charge is 0.481 e. The van der Waals surface area contributed by atoms with Gasteiger partial charge in [-0.05, 0) is 38.5 Å². The number of carboxylic acids is 1. The first kappa shape index (κ1) is 27.1. The van der Waals surface area contributed by atoms with Gasteiger partial charge in [-0.15, -0.1) is 16.4 Å². The molecule has 0 aromatic heterocycles. The second kappa shape index (κ2) is 17.0. The van der Waals surface area contributed by atoms with Crippen LogP contribution in [0.3, 0.4) is 0 Å². The molecule has 146 valence electrons. The first-order valence-electron chi connectivity index (χ1n) is 9.81. The third kappa shape index (κ3) is 15.7. The van der Waals surface area contributed by atoms with Crippen LogP contribution < -0.4 is 0 Å². The predicted octanol–water partition coefficient (Wildman–Crippen LogP) is 3.50. The van der Waals surface area contributed by atoms with Gasteiger partial charge in [0.2, 0.25) is 0 Å². The molecule has 0 aliphatic rings. The van der Waals surface area contributed by atoms with Gasteiger partial charge in [-0.1, -0.05) is 61.0 Å². The lowest BCUT2D eigenvalue weighted by Crippen LogP contribution is -2.09. The summed E-state index contributed by atoms with van der Waals surface area (Å²) in [5, 5.41) is 18.6. The van der Waals surface area contributed by atoms with E-state index in [-0.39, 0.29) is 17.4 Å². The summed E-state index contributed by atoms with van der Waals surface area (Å²) in [6.07, 6.45) is 17.8. The van der Waals surface area contributed by atoms with E-state index in [0.717, 1.165) is 12.8 Å². The Hall–Kier alpha value is -1.87. The minimum atomic E-state index is -0.880. The highest BCUT2D eigenvalue weighted by Gasteiger charge is 2.04. The lowest BCUT2D eigenvalue weighted by molar-refractivity contribution is -0.136. The van der Waals surface area contributed by atoms with Crippen molar-refractivity contribution in [3.8, 4) is 0 Å². The van der Waals surface area contributed by atoms with Crippen molar-refractivity contribution in [1.29, 1.82) is 0 Å². The van der Waals surface area contributed by atoms with Crippen LogP contribution in [-0.2, 0) is 4.79 Å². The molecule has 0 rings (SSSR count). The summed E-state index contributed by atoms with van der Waals surface area (Å²) in [5.41, 5.74) is 1.39. The summed E-state index contributed by atoms with van der Waals surface area (Å²) >= 11 is 0. The molecule has 0 aliphatic heterocycles. The van der Waals surface area contributed by atoms with Gasteiger partial charge in [0.25, 0.3) is 0 Å². The van der Waals surface area contributed by atoms with Gasteiger partial charge >= 0.3 is 5.97 Å². The molecule has 0 bridgehead atoms. The predicted molar refractivity (Wildman–Crippen MR) is 125 cm³/mol. The maximum absolute atomic E-state index is 10.4. The van der Waals surface area contributed by atoms with Gasteiger partial charge < -0.3 is 10.2 Å². The molecule has 7 heteroatoms. The van der Waals surface area contributed by atoms with Gasteiger partial charge in [-0.3, -0.25) is 4.79 Å². The molecule has 2 N–H and O–H groups in total. The van der Waals surface area contributed by atoms with Crippen LogP contribution in [-0.4, -0.2) is 53.7 Å². The van der Waals surface area contributed by atoms with Crippen LogP contribution in [0.4, 0.5) is 0 Å². The molecule has 0 aliphatic carbocycles. The van der Waals surface area contributed by atoms with E-state index in [1.807, 2.05) is 18.2 Å². The number of aliphatic hydroxyl groups is 1.